The van der Waals surface area contributed by atoms with E-state index >= 15 is 4.39 Å². The minimum Gasteiger partial charge on any atom is -0.444 e. The molecular weight excluding hydrogens is 517 g/mol. The van der Waals surface area contributed by atoms with Crippen LogP contribution in [0.15, 0.2) is 43.0 Å². The molecule has 1 saturated heterocycles. The molecule has 4 aromatic rings. The number of carbonyl (C=O) groups excluding carboxylic acids is 1. The van der Waals surface area contributed by atoms with Gasteiger partial charge in [0.15, 0.2) is 11.5 Å². The van der Waals surface area contributed by atoms with Crippen LogP contribution in [0.5, 0.6) is 0 Å². The molecule has 1 amide bonds. The standard InChI is InChI=1S/C27H32FN7O3Si/c1-39(2,3)13-12-37-17-34-25(29-16-31-34)19-9-8-18(14-21(19)28)20-15-30-33-11-10-24(32-26(20)33)35-22-6-4-5-7-23(22)38-27(35)36/h8-11,14-16,22-23H,4-7,12-13,17H2,1-3H3/t22-,23+/m0/s1. The second kappa shape index (κ2) is 10.2. The predicted molar refractivity (Wildman–Crippen MR) is 147 cm³/mol. The summed E-state index contributed by atoms with van der Waals surface area (Å²) in [6.45, 7) is 7.72. The molecule has 4 heterocycles. The number of benzene rings is 1. The summed E-state index contributed by atoms with van der Waals surface area (Å²) in [7, 11) is -1.21. The van der Waals surface area contributed by atoms with Gasteiger partial charge in [0.2, 0.25) is 0 Å². The number of ether oxygens (including phenoxy) is 2. The SMILES string of the molecule is C[Si](C)(C)CCOCn1ncnc1-c1ccc(-c2cnn3ccc(N4C(=O)O[C@@H]5CCCC[C@@H]54)nc23)cc1F. The second-order valence-electron chi connectivity index (χ2n) is 11.4. The minimum atomic E-state index is -1.21. The van der Waals surface area contributed by atoms with Crippen molar-refractivity contribution in [3.05, 3.63) is 48.8 Å². The maximum atomic E-state index is 15.5. The molecule has 204 valence electrons. The van der Waals surface area contributed by atoms with Gasteiger partial charge >= 0.3 is 6.09 Å². The van der Waals surface area contributed by atoms with Crippen LogP contribution in [0, 0.1) is 5.82 Å². The average Bonchev–Trinajstić information content (AvgIpc) is 3.62. The number of nitrogens with zero attached hydrogens (tertiary/aromatic N) is 7. The van der Waals surface area contributed by atoms with Gasteiger partial charge in [-0.05, 0) is 49.1 Å². The van der Waals surface area contributed by atoms with E-state index in [9.17, 15) is 4.79 Å². The molecule has 1 aliphatic heterocycles. The first-order valence-corrected chi connectivity index (χ1v) is 17.1. The fourth-order valence-electron chi connectivity index (χ4n) is 5.25. The Kier molecular flexibility index (Phi) is 6.67. The first-order chi connectivity index (χ1) is 18.8. The Labute approximate surface area is 226 Å². The lowest BCUT2D eigenvalue weighted by atomic mass is 9.92. The fourth-order valence-corrected chi connectivity index (χ4v) is 6.01. The molecule has 10 nitrogen and oxygen atoms in total. The van der Waals surface area contributed by atoms with E-state index in [-0.39, 0.29) is 25.0 Å². The monoisotopic (exact) mass is 549 g/mol. The van der Waals surface area contributed by atoms with E-state index in [0.29, 0.717) is 40.6 Å². The lowest BCUT2D eigenvalue weighted by molar-refractivity contribution is 0.0796. The third kappa shape index (κ3) is 5.05. The van der Waals surface area contributed by atoms with Crippen molar-refractivity contribution < 1.29 is 18.7 Å². The second-order valence-corrected chi connectivity index (χ2v) is 17.0. The number of carbonyl (C=O) groups is 1. The smallest absolute Gasteiger partial charge is 0.416 e. The largest absolute Gasteiger partial charge is 0.444 e. The van der Waals surface area contributed by atoms with Crippen molar-refractivity contribution in [2.45, 2.75) is 70.2 Å². The Morgan fingerprint density at radius 3 is 2.79 bits per heavy atom. The zero-order valence-corrected chi connectivity index (χ0v) is 23.4. The van der Waals surface area contributed by atoms with Gasteiger partial charge < -0.3 is 9.47 Å². The molecule has 2 atom stereocenters. The van der Waals surface area contributed by atoms with Crippen LogP contribution in [-0.2, 0) is 16.2 Å². The van der Waals surface area contributed by atoms with E-state index in [1.807, 2.05) is 6.07 Å². The number of rotatable bonds is 8. The maximum absolute atomic E-state index is 15.5. The van der Waals surface area contributed by atoms with Crippen molar-refractivity contribution in [2.24, 2.45) is 0 Å². The van der Waals surface area contributed by atoms with Crippen LogP contribution in [0.3, 0.4) is 0 Å². The van der Waals surface area contributed by atoms with E-state index in [0.717, 1.165) is 31.7 Å². The zero-order valence-electron chi connectivity index (χ0n) is 22.4. The van der Waals surface area contributed by atoms with Crippen LogP contribution >= 0.6 is 0 Å². The summed E-state index contributed by atoms with van der Waals surface area (Å²) in [5.41, 5.74) is 2.14. The van der Waals surface area contributed by atoms with Crippen LogP contribution < -0.4 is 4.90 Å². The van der Waals surface area contributed by atoms with Crippen molar-refractivity contribution >= 4 is 25.6 Å². The lowest BCUT2D eigenvalue weighted by Gasteiger charge is -2.27. The van der Waals surface area contributed by atoms with E-state index < -0.39 is 13.9 Å². The molecule has 0 unspecified atom stereocenters. The molecule has 3 aromatic heterocycles. The van der Waals surface area contributed by atoms with Gasteiger partial charge in [0, 0.05) is 26.4 Å². The van der Waals surface area contributed by atoms with Crippen LogP contribution in [-0.4, -0.2) is 62.3 Å². The molecular formula is C27H32FN7O3Si. The molecule has 0 radical (unpaired) electrons. The summed E-state index contributed by atoms with van der Waals surface area (Å²) in [5, 5.41) is 8.62. The molecule has 0 spiro atoms. The number of hydrogen-bond acceptors (Lipinski definition) is 7. The van der Waals surface area contributed by atoms with E-state index in [1.54, 1.807) is 38.6 Å². The normalized spacial score (nSPS) is 19.5. The average molecular weight is 550 g/mol. The number of aromatic nitrogens is 6. The van der Waals surface area contributed by atoms with Crippen molar-refractivity contribution in [3.8, 4) is 22.5 Å². The molecule has 1 aliphatic carbocycles. The van der Waals surface area contributed by atoms with E-state index in [1.165, 1.54) is 12.4 Å². The van der Waals surface area contributed by atoms with Gasteiger partial charge in [-0.25, -0.2) is 28.4 Å². The fraction of sp³-hybridized carbons (Fsp3) is 0.444. The van der Waals surface area contributed by atoms with E-state index in [4.69, 9.17) is 14.5 Å². The first kappa shape index (κ1) is 25.6. The molecule has 1 aromatic carbocycles. The maximum Gasteiger partial charge on any atom is 0.416 e. The molecule has 2 aliphatic rings. The van der Waals surface area contributed by atoms with Gasteiger partial charge in [-0.3, -0.25) is 4.90 Å². The van der Waals surface area contributed by atoms with Crippen LogP contribution in [0.1, 0.15) is 25.7 Å². The molecule has 1 saturated carbocycles. The molecule has 0 bridgehead atoms. The Balaban J connectivity index is 1.26. The summed E-state index contributed by atoms with van der Waals surface area (Å²) in [5.74, 6) is 0.484. The Morgan fingerprint density at radius 2 is 1.97 bits per heavy atom. The highest BCUT2D eigenvalue weighted by molar-refractivity contribution is 6.76. The van der Waals surface area contributed by atoms with Crippen LogP contribution in [0.25, 0.3) is 28.2 Å². The third-order valence-corrected chi connectivity index (χ3v) is 9.10. The van der Waals surface area contributed by atoms with Crippen LogP contribution in [0.2, 0.25) is 25.7 Å². The van der Waals surface area contributed by atoms with Gasteiger partial charge in [0.25, 0.3) is 0 Å². The zero-order chi connectivity index (χ0) is 27.1. The first-order valence-electron chi connectivity index (χ1n) is 13.4. The molecule has 2 fully saturated rings. The quantitative estimate of drug-likeness (QED) is 0.215. The summed E-state index contributed by atoms with van der Waals surface area (Å²) in [6.07, 6.45) is 8.23. The number of fused-ring (bicyclic) bond motifs is 2. The van der Waals surface area contributed by atoms with Gasteiger partial charge in [-0.1, -0.05) is 32.1 Å². The van der Waals surface area contributed by atoms with Crippen molar-refractivity contribution in [1.82, 2.24) is 29.4 Å². The summed E-state index contributed by atoms with van der Waals surface area (Å²) >= 11 is 0. The minimum absolute atomic E-state index is 0.0128. The highest BCUT2D eigenvalue weighted by atomic mass is 28.3. The number of hydrogen-bond donors (Lipinski definition) is 0. The number of anilines is 1. The van der Waals surface area contributed by atoms with Gasteiger partial charge in [0.1, 0.15) is 30.8 Å². The van der Waals surface area contributed by atoms with Gasteiger partial charge in [0.05, 0.1) is 17.8 Å². The summed E-state index contributed by atoms with van der Waals surface area (Å²) in [6, 6.07) is 7.75. The summed E-state index contributed by atoms with van der Waals surface area (Å²) < 4.78 is 30.1. The molecule has 12 heteroatoms. The highest BCUT2D eigenvalue weighted by Gasteiger charge is 2.44. The number of halogens is 1. The molecule has 39 heavy (non-hydrogen) atoms. The Hall–Kier alpha value is -3.64. The van der Waals surface area contributed by atoms with Gasteiger partial charge in [-0.2, -0.15) is 10.2 Å². The Morgan fingerprint density at radius 1 is 1.13 bits per heavy atom. The van der Waals surface area contributed by atoms with Crippen molar-refractivity contribution in [3.63, 3.8) is 0 Å². The van der Waals surface area contributed by atoms with Crippen molar-refractivity contribution in [2.75, 3.05) is 11.5 Å². The van der Waals surface area contributed by atoms with Gasteiger partial charge in [-0.15, -0.1) is 0 Å². The number of amides is 1. The highest BCUT2D eigenvalue weighted by Crippen LogP contribution is 2.36. The summed E-state index contributed by atoms with van der Waals surface area (Å²) in [4.78, 5) is 23.4. The lowest BCUT2D eigenvalue weighted by Crippen LogP contribution is -2.39. The topological polar surface area (TPSA) is 99.7 Å². The Bertz CT molecular complexity index is 1510. The predicted octanol–water partition coefficient (Wildman–Crippen LogP) is 5.37. The van der Waals surface area contributed by atoms with Crippen molar-refractivity contribution in [1.29, 1.82) is 0 Å². The molecule has 0 N–H and O–H groups in total. The van der Waals surface area contributed by atoms with E-state index in [2.05, 4.69) is 34.8 Å². The third-order valence-electron chi connectivity index (χ3n) is 7.40. The molecule has 6 rings (SSSR count). The van der Waals surface area contributed by atoms with Crippen LogP contribution in [0.4, 0.5) is 15.0 Å².